The maximum absolute atomic E-state index is 8.53. The Morgan fingerprint density at radius 3 is 2.57 bits per heavy atom. The van der Waals surface area contributed by atoms with Crippen molar-refractivity contribution in [1.29, 1.82) is 5.26 Å². The lowest BCUT2D eigenvalue weighted by Crippen LogP contribution is -2.07. The second-order valence-electron chi connectivity index (χ2n) is 3.52. The first kappa shape index (κ1) is 10.5. The summed E-state index contributed by atoms with van der Waals surface area (Å²) in [4.78, 5) is 8.00. The second-order valence-corrected chi connectivity index (χ2v) is 3.52. The fraction of sp³-hybridized carbons (Fsp3) is 0.500. The number of rotatable bonds is 4. The van der Waals surface area contributed by atoms with Crippen molar-refractivity contribution in [3.8, 4) is 6.07 Å². The van der Waals surface area contributed by atoms with Gasteiger partial charge in [0.05, 0.1) is 18.0 Å². The van der Waals surface area contributed by atoms with E-state index in [1.165, 1.54) is 12.4 Å². The highest BCUT2D eigenvalue weighted by Gasteiger charge is 1.97. The standard InChI is InChI=1S/C10H14N4/c1-8(2)3-4-12-10-13-6-9(5-11)7-14-10/h6-8H,3-4H2,1-2H3,(H,12,13,14). The summed E-state index contributed by atoms with van der Waals surface area (Å²) in [6.07, 6.45) is 4.12. The number of nitrogens with zero attached hydrogens (tertiary/aromatic N) is 3. The molecular weight excluding hydrogens is 176 g/mol. The van der Waals surface area contributed by atoms with Gasteiger partial charge in [-0.15, -0.1) is 0 Å². The lowest BCUT2D eigenvalue weighted by Gasteiger charge is -2.05. The molecule has 1 heterocycles. The topological polar surface area (TPSA) is 61.6 Å². The third kappa shape index (κ3) is 3.40. The van der Waals surface area contributed by atoms with E-state index >= 15 is 0 Å². The fourth-order valence-corrected chi connectivity index (χ4v) is 0.950. The van der Waals surface area contributed by atoms with Crippen molar-refractivity contribution < 1.29 is 0 Å². The molecule has 1 N–H and O–H groups in total. The normalized spacial score (nSPS) is 9.86. The summed E-state index contributed by atoms with van der Waals surface area (Å²) in [5, 5.41) is 11.6. The van der Waals surface area contributed by atoms with Gasteiger partial charge in [0, 0.05) is 6.54 Å². The van der Waals surface area contributed by atoms with E-state index in [-0.39, 0.29) is 0 Å². The minimum Gasteiger partial charge on any atom is -0.354 e. The molecule has 0 atom stereocenters. The Hall–Kier alpha value is -1.63. The summed E-state index contributed by atoms with van der Waals surface area (Å²) in [5.74, 6) is 1.26. The maximum Gasteiger partial charge on any atom is 0.222 e. The zero-order valence-electron chi connectivity index (χ0n) is 8.49. The summed E-state index contributed by atoms with van der Waals surface area (Å²) in [6, 6.07) is 1.98. The highest BCUT2D eigenvalue weighted by Crippen LogP contribution is 2.02. The van der Waals surface area contributed by atoms with Crippen molar-refractivity contribution >= 4 is 5.95 Å². The molecule has 1 rings (SSSR count). The van der Waals surface area contributed by atoms with Gasteiger partial charge in [0.25, 0.3) is 0 Å². The molecular formula is C10H14N4. The average molecular weight is 190 g/mol. The van der Waals surface area contributed by atoms with Crippen molar-refractivity contribution in [3.63, 3.8) is 0 Å². The van der Waals surface area contributed by atoms with Crippen LogP contribution in [0.2, 0.25) is 0 Å². The van der Waals surface area contributed by atoms with Gasteiger partial charge in [-0.25, -0.2) is 9.97 Å². The van der Waals surface area contributed by atoms with E-state index in [9.17, 15) is 0 Å². The highest BCUT2D eigenvalue weighted by molar-refractivity contribution is 5.29. The lowest BCUT2D eigenvalue weighted by atomic mass is 10.1. The molecule has 14 heavy (non-hydrogen) atoms. The van der Waals surface area contributed by atoms with Gasteiger partial charge < -0.3 is 5.32 Å². The quantitative estimate of drug-likeness (QED) is 0.786. The van der Waals surface area contributed by atoms with E-state index in [0.717, 1.165) is 13.0 Å². The van der Waals surface area contributed by atoms with Crippen LogP contribution >= 0.6 is 0 Å². The Bertz CT molecular complexity index is 310. The Morgan fingerprint density at radius 1 is 1.43 bits per heavy atom. The van der Waals surface area contributed by atoms with Crippen LogP contribution in [0.5, 0.6) is 0 Å². The molecule has 0 aliphatic heterocycles. The SMILES string of the molecule is CC(C)CCNc1ncc(C#N)cn1. The smallest absolute Gasteiger partial charge is 0.222 e. The zero-order chi connectivity index (χ0) is 10.4. The van der Waals surface area contributed by atoms with Crippen molar-refractivity contribution in [2.24, 2.45) is 5.92 Å². The summed E-state index contributed by atoms with van der Waals surface area (Å²) < 4.78 is 0. The molecule has 0 bridgehead atoms. The van der Waals surface area contributed by atoms with E-state index in [4.69, 9.17) is 5.26 Å². The molecule has 1 aromatic heterocycles. The summed E-state index contributed by atoms with van der Waals surface area (Å²) in [6.45, 7) is 5.20. The molecule has 0 saturated heterocycles. The van der Waals surface area contributed by atoms with Crippen molar-refractivity contribution in [1.82, 2.24) is 9.97 Å². The number of hydrogen-bond acceptors (Lipinski definition) is 4. The van der Waals surface area contributed by atoms with Gasteiger partial charge in [-0.05, 0) is 12.3 Å². The number of hydrogen-bond donors (Lipinski definition) is 1. The van der Waals surface area contributed by atoms with Crippen molar-refractivity contribution in [3.05, 3.63) is 18.0 Å². The van der Waals surface area contributed by atoms with Crippen molar-refractivity contribution in [2.75, 3.05) is 11.9 Å². The van der Waals surface area contributed by atoms with Crippen LogP contribution in [0.15, 0.2) is 12.4 Å². The van der Waals surface area contributed by atoms with Crippen LogP contribution in [-0.2, 0) is 0 Å². The molecule has 0 saturated carbocycles. The number of anilines is 1. The van der Waals surface area contributed by atoms with E-state index in [0.29, 0.717) is 17.4 Å². The minimum absolute atomic E-state index is 0.486. The molecule has 0 spiro atoms. The van der Waals surface area contributed by atoms with E-state index in [2.05, 4.69) is 29.1 Å². The van der Waals surface area contributed by atoms with Crippen molar-refractivity contribution in [2.45, 2.75) is 20.3 Å². The molecule has 4 heteroatoms. The first-order valence-electron chi connectivity index (χ1n) is 4.68. The van der Waals surface area contributed by atoms with E-state index < -0.39 is 0 Å². The van der Waals surface area contributed by atoms with Crippen LogP contribution in [0.4, 0.5) is 5.95 Å². The largest absolute Gasteiger partial charge is 0.354 e. The monoisotopic (exact) mass is 190 g/mol. The Kier molecular flexibility index (Phi) is 3.86. The van der Waals surface area contributed by atoms with Gasteiger partial charge in [-0.3, -0.25) is 0 Å². The fourth-order valence-electron chi connectivity index (χ4n) is 0.950. The average Bonchev–Trinajstić information content (AvgIpc) is 2.18. The van der Waals surface area contributed by atoms with Gasteiger partial charge in [-0.1, -0.05) is 13.8 Å². The number of aromatic nitrogens is 2. The zero-order valence-corrected chi connectivity index (χ0v) is 8.49. The molecule has 4 nitrogen and oxygen atoms in total. The number of nitrogens with one attached hydrogen (secondary N) is 1. The summed E-state index contributed by atoms with van der Waals surface area (Å²) in [7, 11) is 0. The predicted octanol–water partition coefficient (Wildman–Crippen LogP) is 1.81. The third-order valence-electron chi connectivity index (χ3n) is 1.79. The summed E-state index contributed by atoms with van der Waals surface area (Å²) >= 11 is 0. The molecule has 0 aliphatic carbocycles. The second kappa shape index (κ2) is 5.18. The molecule has 0 fully saturated rings. The van der Waals surface area contributed by atoms with Crippen LogP contribution in [0.1, 0.15) is 25.8 Å². The van der Waals surface area contributed by atoms with Crippen LogP contribution in [0, 0.1) is 17.2 Å². The Balaban J connectivity index is 2.41. The Labute approximate surface area is 84.0 Å². The maximum atomic E-state index is 8.53. The predicted molar refractivity (Wildman–Crippen MR) is 54.7 cm³/mol. The molecule has 1 aromatic rings. The van der Waals surface area contributed by atoms with Gasteiger partial charge in [-0.2, -0.15) is 5.26 Å². The first-order valence-corrected chi connectivity index (χ1v) is 4.68. The van der Waals surface area contributed by atoms with Gasteiger partial charge >= 0.3 is 0 Å². The minimum atomic E-state index is 0.486. The Morgan fingerprint density at radius 2 is 2.07 bits per heavy atom. The molecule has 0 radical (unpaired) electrons. The summed E-state index contributed by atoms with van der Waals surface area (Å²) in [5.41, 5.74) is 0.486. The highest BCUT2D eigenvalue weighted by atomic mass is 15.1. The molecule has 74 valence electrons. The van der Waals surface area contributed by atoms with Crippen LogP contribution in [0.25, 0.3) is 0 Å². The van der Waals surface area contributed by atoms with E-state index in [1.807, 2.05) is 6.07 Å². The molecule has 0 unspecified atom stereocenters. The van der Waals surface area contributed by atoms with E-state index in [1.54, 1.807) is 0 Å². The van der Waals surface area contributed by atoms with Gasteiger partial charge in [0.15, 0.2) is 0 Å². The van der Waals surface area contributed by atoms with Crippen LogP contribution in [-0.4, -0.2) is 16.5 Å². The van der Waals surface area contributed by atoms with Crippen LogP contribution in [0.3, 0.4) is 0 Å². The molecule has 0 aliphatic rings. The third-order valence-corrected chi connectivity index (χ3v) is 1.79. The number of nitriles is 1. The van der Waals surface area contributed by atoms with Crippen LogP contribution < -0.4 is 5.32 Å². The molecule has 0 amide bonds. The first-order chi connectivity index (χ1) is 6.72. The lowest BCUT2D eigenvalue weighted by molar-refractivity contribution is 0.606. The van der Waals surface area contributed by atoms with Gasteiger partial charge in [0.1, 0.15) is 6.07 Å². The molecule has 0 aromatic carbocycles. The van der Waals surface area contributed by atoms with Gasteiger partial charge in [0.2, 0.25) is 5.95 Å².